The monoisotopic (exact) mass is 298 g/mol. The number of hydrogen-bond donors (Lipinski definition) is 2. The van der Waals surface area contributed by atoms with Gasteiger partial charge in [0.25, 0.3) is 0 Å². The van der Waals surface area contributed by atoms with Gasteiger partial charge in [0.2, 0.25) is 5.91 Å². The van der Waals surface area contributed by atoms with E-state index in [1.54, 1.807) is 44.2 Å². The third-order valence-corrected chi connectivity index (χ3v) is 3.70. The van der Waals surface area contributed by atoms with Crippen molar-refractivity contribution in [1.29, 1.82) is 0 Å². The molecule has 0 bridgehead atoms. The minimum Gasteiger partial charge on any atom is -0.497 e. The molecule has 0 aliphatic carbocycles. The SMILES string of the molecule is COc1ccc(NC(=O)CSCCCCN)c(OC)c1. The van der Waals surface area contributed by atoms with Crippen LogP contribution in [-0.2, 0) is 4.79 Å². The first kappa shape index (κ1) is 16.7. The topological polar surface area (TPSA) is 73.6 Å². The van der Waals surface area contributed by atoms with Crippen LogP contribution in [0.2, 0.25) is 0 Å². The number of ether oxygens (including phenoxy) is 2. The Labute approximate surface area is 124 Å². The lowest BCUT2D eigenvalue weighted by molar-refractivity contribution is -0.113. The van der Waals surface area contributed by atoms with Crippen molar-refractivity contribution in [1.82, 2.24) is 0 Å². The second-order valence-electron chi connectivity index (χ2n) is 4.16. The lowest BCUT2D eigenvalue weighted by Crippen LogP contribution is -2.15. The predicted octanol–water partition coefficient (Wildman–Crippen LogP) is 2.11. The van der Waals surface area contributed by atoms with Crippen LogP contribution >= 0.6 is 11.8 Å². The number of nitrogens with one attached hydrogen (secondary N) is 1. The van der Waals surface area contributed by atoms with Gasteiger partial charge in [-0.05, 0) is 37.3 Å². The molecule has 0 spiro atoms. The second kappa shape index (κ2) is 9.50. The van der Waals surface area contributed by atoms with Gasteiger partial charge in [-0.15, -0.1) is 0 Å². The highest BCUT2D eigenvalue weighted by atomic mass is 32.2. The third-order valence-electron chi connectivity index (χ3n) is 2.66. The summed E-state index contributed by atoms with van der Waals surface area (Å²) in [6.45, 7) is 0.704. The molecule has 0 atom stereocenters. The molecule has 0 heterocycles. The fourth-order valence-electron chi connectivity index (χ4n) is 1.60. The van der Waals surface area contributed by atoms with E-state index in [4.69, 9.17) is 15.2 Å². The molecular weight excluding hydrogens is 276 g/mol. The van der Waals surface area contributed by atoms with Gasteiger partial charge in [0.1, 0.15) is 11.5 Å². The summed E-state index contributed by atoms with van der Waals surface area (Å²) in [5.74, 6) is 2.62. The Hall–Kier alpha value is -1.40. The van der Waals surface area contributed by atoms with E-state index in [1.807, 2.05) is 0 Å². The molecule has 0 saturated carbocycles. The number of anilines is 1. The summed E-state index contributed by atoms with van der Waals surface area (Å²) in [5, 5.41) is 2.84. The first-order chi connectivity index (χ1) is 9.71. The third kappa shape index (κ3) is 5.71. The van der Waals surface area contributed by atoms with Gasteiger partial charge in [0.15, 0.2) is 0 Å². The zero-order valence-corrected chi connectivity index (χ0v) is 12.8. The number of methoxy groups -OCH3 is 2. The Bertz CT molecular complexity index is 427. The van der Waals surface area contributed by atoms with Gasteiger partial charge in [-0.1, -0.05) is 0 Å². The maximum Gasteiger partial charge on any atom is 0.234 e. The molecule has 6 heteroatoms. The van der Waals surface area contributed by atoms with Crippen LogP contribution in [0, 0.1) is 0 Å². The van der Waals surface area contributed by atoms with Crippen LogP contribution in [0.15, 0.2) is 18.2 Å². The summed E-state index contributed by atoms with van der Waals surface area (Å²) in [4.78, 5) is 11.8. The van der Waals surface area contributed by atoms with Crippen molar-refractivity contribution in [3.05, 3.63) is 18.2 Å². The summed E-state index contributed by atoms with van der Waals surface area (Å²) in [6, 6.07) is 5.30. The molecule has 112 valence electrons. The molecule has 5 nitrogen and oxygen atoms in total. The molecule has 20 heavy (non-hydrogen) atoms. The maximum atomic E-state index is 11.8. The van der Waals surface area contributed by atoms with Crippen molar-refractivity contribution in [3.63, 3.8) is 0 Å². The Morgan fingerprint density at radius 1 is 1.30 bits per heavy atom. The maximum absolute atomic E-state index is 11.8. The molecule has 0 radical (unpaired) electrons. The second-order valence-corrected chi connectivity index (χ2v) is 5.27. The van der Waals surface area contributed by atoms with Crippen LogP contribution in [0.25, 0.3) is 0 Å². The fourth-order valence-corrected chi connectivity index (χ4v) is 2.41. The summed E-state index contributed by atoms with van der Waals surface area (Å²) < 4.78 is 10.3. The first-order valence-electron chi connectivity index (χ1n) is 6.51. The van der Waals surface area contributed by atoms with Crippen molar-refractivity contribution in [3.8, 4) is 11.5 Å². The molecule has 1 aromatic rings. The molecule has 0 aliphatic heterocycles. The van der Waals surface area contributed by atoms with Gasteiger partial charge in [-0.2, -0.15) is 11.8 Å². The van der Waals surface area contributed by atoms with Gasteiger partial charge in [-0.3, -0.25) is 4.79 Å². The molecule has 0 unspecified atom stereocenters. The van der Waals surface area contributed by atoms with Crippen molar-refractivity contribution in [2.45, 2.75) is 12.8 Å². The average Bonchev–Trinajstić information content (AvgIpc) is 2.47. The smallest absolute Gasteiger partial charge is 0.234 e. The van der Waals surface area contributed by atoms with Crippen molar-refractivity contribution in [2.24, 2.45) is 5.73 Å². The predicted molar refractivity (Wildman–Crippen MR) is 83.8 cm³/mol. The number of amides is 1. The number of rotatable bonds is 9. The van der Waals surface area contributed by atoms with Crippen molar-refractivity contribution < 1.29 is 14.3 Å². The number of nitrogens with two attached hydrogens (primary N) is 1. The molecule has 1 rings (SSSR count). The molecular formula is C14H22N2O3S. The van der Waals surface area contributed by atoms with Crippen LogP contribution in [0.3, 0.4) is 0 Å². The summed E-state index contributed by atoms with van der Waals surface area (Å²) in [6.07, 6.45) is 2.04. The lowest BCUT2D eigenvalue weighted by Gasteiger charge is -2.11. The fraction of sp³-hybridized carbons (Fsp3) is 0.500. The Balaban J connectivity index is 2.45. The minimum atomic E-state index is -0.0359. The van der Waals surface area contributed by atoms with E-state index >= 15 is 0 Å². The highest BCUT2D eigenvalue weighted by molar-refractivity contribution is 7.99. The number of benzene rings is 1. The molecule has 0 saturated heterocycles. The Morgan fingerprint density at radius 2 is 2.10 bits per heavy atom. The summed E-state index contributed by atoms with van der Waals surface area (Å²) in [7, 11) is 3.15. The average molecular weight is 298 g/mol. The lowest BCUT2D eigenvalue weighted by atomic mass is 10.2. The Morgan fingerprint density at radius 3 is 2.75 bits per heavy atom. The van der Waals surface area contributed by atoms with Crippen LogP contribution in [0.1, 0.15) is 12.8 Å². The molecule has 0 fully saturated rings. The van der Waals surface area contributed by atoms with Gasteiger partial charge in [-0.25, -0.2) is 0 Å². The van der Waals surface area contributed by atoms with Crippen LogP contribution < -0.4 is 20.5 Å². The number of thioether (sulfide) groups is 1. The molecule has 1 amide bonds. The number of unbranched alkanes of at least 4 members (excludes halogenated alkanes) is 1. The zero-order valence-electron chi connectivity index (χ0n) is 12.0. The van der Waals surface area contributed by atoms with Crippen molar-refractivity contribution >= 4 is 23.4 Å². The van der Waals surface area contributed by atoms with E-state index < -0.39 is 0 Å². The van der Waals surface area contributed by atoms with Gasteiger partial charge in [0.05, 0.1) is 25.7 Å². The van der Waals surface area contributed by atoms with E-state index in [1.165, 1.54) is 0 Å². The molecule has 0 aliphatic rings. The quantitative estimate of drug-likeness (QED) is 0.683. The van der Waals surface area contributed by atoms with Crippen molar-refractivity contribution in [2.75, 3.05) is 37.6 Å². The van der Waals surface area contributed by atoms with E-state index in [2.05, 4.69) is 5.32 Å². The normalized spacial score (nSPS) is 10.2. The Kier molecular flexibility index (Phi) is 7.91. The summed E-state index contributed by atoms with van der Waals surface area (Å²) >= 11 is 1.61. The number of carbonyl (C=O) groups is 1. The number of hydrogen-bond acceptors (Lipinski definition) is 5. The van der Waals surface area contributed by atoms with Gasteiger partial charge in [0, 0.05) is 6.07 Å². The van der Waals surface area contributed by atoms with E-state index in [0.29, 0.717) is 29.5 Å². The zero-order chi connectivity index (χ0) is 14.8. The largest absolute Gasteiger partial charge is 0.497 e. The minimum absolute atomic E-state index is 0.0359. The van der Waals surface area contributed by atoms with E-state index in [-0.39, 0.29) is 5.91 Å². The molecule has 1 aromatic carbocycles. The van der Waals surface area contributed by atoms with Crippen LogP contribution in [0.5, 0.6) is 11.5 Å². The van der Waals surface area contributed by atoms with Crippen LogP contribution in [-0.4, -0.2) is 38.2 Å². The van der Waals surface area contributed by atoms with Gasteiger partial charge < -0.3 is 20.5 Å². The first-order valence-corrected chi connectivity index (χ1v) is 7.66. The highest BCUT2D eigenvalue weighted by Crippen LogP contribution is 2.29. The van der Waals surface area contributed by atoms with Gasteiger partial charge >= 0.3 is 0 Å². The highest BCUT2D eigenvalue weighted by Gasteiger charge is 2.08. The molecule has 3 N–H and O–H groups in total. The van der Waals surface area contributed by atoms with E-state index in [0.717, 1.165) is 18.6 Å². The summed E-state index contributed by atoms with van der Waals surface area (Å²) in [5.41, 5.74) is 6.07. The van der Waals surface area contributed by atoms with Crippen LogP contribution in [0.4, 0.5) is 5.69 Å². The molecule has 0 aromatic heterocycles. The standard InChI is InChI=1S/C14H22N2O3S/c1-18-11-5-6-12(13(9-11)19-2)16-14(17)10-20-8-4-3-7-15/h5-6,9H,3-4,7-8,10,15H2,1-2H3,(H,16,17). The van der Waals surface area contributed by atoms with E-state index in [9.17, 15) is 4.79 Å². The number of carbonyl (C=O) groups excluding carboxylic acids is 1.